The first kappa shape index (κ1) is 13.3. The summed E-state index contributed by atoms with van der Waals surface area (Å²) in [5.74, 6) is 1.45. The van der Waals surface area contributed by atoms with E-state index in [1.54, 1.807) is 0 Å². The van der Waals surface area contributed by atoms with Crippen molar-refractivity contribution in [2.45, 2.75) is 52.0 Å². The van der Waals surface area contributed by atoms with Gasteiger partial charge in [0.15, 0.2) is 0 Å². The first-order chi connectivity index (χ1) is 8.53. The normalized spacial score (nSPS) is 28.1. The summed E-state index contributed by atoms with van der Waals surface area (Å²) < 4.78 is 0. The summed E-state index contributed by atoms with van der Waals surface area (Å²) in [6.45, 7) is 6.94. The molecule has 4 nitrogen and oxygen atoms in total. The topological polar surface area (TPSA) is 63.8 Å². The van der Waals surface area contributed by atoms with E-state index in [0.717, 1.165) is 36.1 Å². The molecule has 1 aromatic heterocycles. The van der Waals surface area contributed by atoms with E-state index in [2.05, 4.69) is 22.2 Å². The number of anilines is 1. The third-order valence-corrected chi connectivity index (χ3v) is 3.84. The lowest BCUT2D eigenvalue weighted by molar-refractivity contribution is 0.262. The van der Waals surface area contributed by atoms with E-state index in [1.165, 1.54) is 12.8 Å². The summed E-state index contributed by atoms with van der Waals surface area (Å²) >= 11 is 0. The molecule has 3 N–H and O–H groups in total. The molecule has 4 heteroatoms. The van der Waals surface area contributed by atoms with E-state index in [-0.39, 0.29) is 5.54 Å². The van der Waals surface area contributed by atoms with Crippen molar-refractivity contribution < 1.29 is 0 Å². The second kappa shape index (κ2) is 5.22. The van der Waals surface area contributed by atoms with Crippen molar-refractivity contribution in [3.8, 4) is 0 Å². The molecule has 100 valence electrons. The van der Waals surface area contributed by atoms with Gasteiger partial charge in [-0.15, -0.1) is 0 Å². The van der Waals surface area contributed by atoms with Gasteiger partial charge in [0.05, 0.1) is 5.54 Å². The maximum atomic E-state index is 6.01. The lowest BCUT2D eigenvalue weighted by atomic mass is 9.76. The summed E-state index contributed by atoms with van der Waals surface area (Å²) in [6, 6.07) is 1.99. The molecule has 1 fully saturated rings. The highest BCUT2D eigenvalue weighted by molar-refractivity contribution is 5.32. The summed E-state index contributed by atoms with van der Waals surface area (Å²) in [5.41, 5.74) is 7.99. The minimum atomic E-state index is -0.0160. The highest BCUT2D eigenvalue weighted by Crippen LogP contribution is 2.33. The van der Waals surface area contributed by atoms with Gasteiger partial charge < -0.3 is 11.1 Å². The third kappa shape index (κ3) is 2.99. The molecule has 1 heterocycles. The van der Waals surface area contributed by atoms with Crippen LogP contribution in [-0.2, 0) is 0 Å². The fourth-order valence-electron chi connectivity index (χ4n) is 3.03. The minimum Gasteiger partial charge on any atom is -0.347 e. The summed E-state index contributed by atoms with van der Waals surface area (Å²) in [7, 11) is 0. The molecular formula is C14H24N4. The van der Waals surface area contributed by atoms with Gasteiger partial charge in [0, 0.05) is 17.9 Å². The van der Waals surface area contributed by atoms with Crippen molar-refractivity contribution in [2.24, 2.45) is 11.7 Å². The van der Waals surface area contributed by atoms with Crippen molar-refractivity contribution in [3.05, 3.63) is 17.5 Å². The predicted octanol–water partition coefficient (Wildman–Crippen LogP) is 2.41. The van der Waals surface area contributed by atoms with Crippen LogP contribution in [0.25, 0.3) is 0 Å². The van der Waals surface area contributed by atoms with Crippen molar-refractivity contribution in [1.29, 1.82) is 0 Å². The van der Waals surface area contributed by atoms with Gasteiger partial charge in [0.25, 0.3) is 0 Å². The Labute approximate surface area is 109 Å². The summed E-state index contributed by atoms with van der Waals surface area (Å²) in [4.78, 5) is 8.94. The average molecular weight is 248 g/mol. The molecule has 0 aromatic carbocycles. The molecule has 1 aromatic rings. The molecule has 0 radical (unpaired) electrons. The molecule has 0 aliphatic heterocycles. The van der Waals surface area contributed by atoms with Gasteiger partial charge in [0.1, 0.15) is 0 Å². The number of rotatable bonds is 3. The minimum absolute atomic E-state index is 0.0160. The molecule has 0 spiro atoms. The van der Waals surface area contributed by atoms with Crippen LogP contribution in [-0.4, -0.2) is 22.1 Å². The van der Waals surface area contributed by atoms with Crippen LogP contribution in [0, 0.1) is 19.8 Å². The first-order valence-corrected chi connectivity index (χ1v) is 6.83. The second-order valence-corrected chi connectivity index (χ2v) is 5.79. The van der Waals surface area contributed by atoms with Gasteiger partial charge in [0.2, 0.25) is 5.95 Å². The van der Waals surface area contributed by atoms with Crippen molar-refractivity contribution >= 4 is 5.95 Å². The molecule has 0 bridgehead atoms. The standard InChI is InChI=1S/C14H24N4/c1-10-5-4-6-14(8-10,9-15)18-13-16-11(2)7-12(3)17-13/h7,10H,4-6,8-9,15H2,1-3H3,(H,16,17,18). The van der Waals surface area contributed by atoms with Crippen molar-refractivity contribution in [1.82, 2.24) is 9.97 Å². The van der Waals surface area contributed by atoms with E-state index in [9.17, 15) is 0 Å². The van der Waals surface area contributed by atoms with Crippen LogP contribution in [0.5, 0.6) is 0 Å². The van der Waals surface area contributed by atoms with Crippen molar-refractivity contribution in [2.75, 3.05) is 11.9 Å². The highest BCUT2D eigenvalue weighted by atomic mass is 15.2. The molecule has 2 atom stereocenters. The van der Waals surface area contributed by atoms with Crippen LogP contribution in [0.4, 0.5) is 5.95 Å². The Hall–Kier alpha value is -1.16. The molecule has 1 aliphatic rings. The largest absolute Gasteiger partial charge is 0.347 e. The maximum absolute atomic E-state index is 6.01. The Bertz CT molecular complexity index is 398. The van der Waals surface area contributed by atoms with Crippen LogP contribution in [0.1, 0.15) is 44.0 Å². The molecule has 2 unspecified atom stereocenters. The molecule has 18 heavy (non-hydrogen) atoms. The first-order valence-electron chi connectivity index (χ1n) is 6.83. The maximum Gasteiger partial charge on any atom is 0.223 e. The summed E-state index contributed by atoms with van der Waals surface area (Å²) in [6.07, 6.45) is 4.76. The van der Waals surface area contributed by atoms with E-state index in [4.69, 9.17) is 5.73 Å². The Morgan fingerprint density at radius 3 is 2.61 bits per heavy atom. The van der Waals surface area contributed by atoms with Gasteiger partial charge in [-0.2, -0.15) is 0 Å². The second-order valence-electron chi connectivity index (χ2n) is 5.79. The zero-order valence-electron chi connectivity index (χ0n) is 11.7. The smallest absolute Gasteiger partial charge is 0.223 e. The molecular weight excluding hydrogens is 224 g/mol. The fourth-order valence-corrected chi connectivity index (χ4v) is 3.03. The lowest BCUT2D eigenvalue weighted by Gasteiger charge is -2.40. The number of nitrogens with two attached hydrogens (primary N) is 1. The molecule has 0 amide bonds. The number of nitrogens with zero attached hydrogens (tertiary/aromatic N) is 2. The van der Waals surface area contributed by atoms with Gasteiger partial charge in [-0.3, -0.25) is 0 Å². The van der Waals surface area contributed by atoms with Gasteiger partial charge in [-0.05, 0) is 38.7 Å². The van der Waals surface area contributed by atoms with Crippen LogP contribution in [0.3, 0.4) is 0 Å². The van der Waals surface area contributed by atoms with Crippen molar-refractivity contribution in [3.63, 3.8) is 0 Å². The van der Waals surface area contributed by atoms with Crippen LogP contribution in [0.2, 0.25) is 0 Å². The van der Waals surface area contributed by atoms with Gasteiger partial charge in [-0.25, -0.2) is 9.97 Å². The summed E-state index contributed by atoms with van der Waals surface area (Å²) in [5, 5.41) is 3.51. The van der Waals surface area contributed by atoms with E-state index in [1.807, 2.05) is 19.9 Å². The zero-order valence-corrected chi connectivity index (χ0v) is 11.7. The Morgan fingerprint density at radius 2 is 2.06 bits per heavy atom. The predicted molar refractivity (Wildman–Crippen MR) is 74.5 cm³/mol. The fraction of sp³-hybridized carbons (Fsp3) is 0.714. The average Bonchev–Trinajstić information content (AvgIpc) is 2.27. The van der Waals surface area contributed by atoms with Crippen LogP contribution >= 0.6 is 0 Å². The van der Waals surface area contributed by atoms with E-state index < -0.39 is 0 Å². The number of aryl methyl sites for hydroxylation is 2. The molecule has 1 saturated carbocycles. The van der Waals surface area contributed by atoms with E-state index in [0.29, 0.717) is 6.54 Å². The number of hydrogen-bond acceptors (Lipinski definition) is 4. The van der Waals surface area contributed by atoms with E-state index >= 15 is 0 Å². The Balaban J connectivity index is 2.18. The molecule has 0 saturated heterocycles. The number of nitrogens with one attached hydrogen (secondary N) is 1. The highest BCUT2D eigenvalue weighted by Gasteiger charge is 2.34. The SMILES string of the molecule is Cc1cc(C)nc(NC2(CN)CCCC(C)C2)n1. The Kier molecular flexibility index (Phi) is 3.85. The monoisotopic (exact) mass is 248 g/mol. The van der Waals surface area contributed by atoms with Crippen LogP contribution in [0.15, 0.2) is 6.07 Å². The number of aromatic nitrogens is 2. The molecule has 2 rings (SSSR count). The lowest BCUT2D eigenvalue weighted by Crippen LogP contribution is -2.49. The Morgan fingerprint density at radius 1 is 1.39 bits per heavy atom. The zero-order chi connectivity index (χ0) is 13.2. The quantitative estimate of drug-likeness (QED) is 0.862. The van der Waals surface area contributed by atoms with Gasteiger partial charge >= 0.3 is 0 Å². The third-order valence-electron chi connectivity index (χ3n) is 3.84. The number of hydrogen-bond donors (Lipinski definition) is 2. The molecule has 1 aliphatic carbocycles. The van der Waals surface area contributed by atoms with Crippen LogP contribution < -0.4 is 11.1 Å². The van der Waals surface area contributed by atoms with Gasteiger partial charge in [-0.1, -0.05) is 19.8 Å².